The van der Waals surface area contributed by atoms with Gasteiger partial charge in [-0.1, -0.05) is 36.7 Å². The second-order valence-corrected chi connectivity index (χ2v) is 8.11. The summed E-state index contributed by atoms with van der Waals surface area (Å²) in [5, 5.41) is 4.93. The Morgan fingerprint density at radius 3 is 2.67 bits per heavy atom. The topological polar surface area (TPSA) is 64.3 Å². The van der Waals surface area contributed by atoms with Gasteiger partial charge in [-0.3, -0.25) is 0 Å². The molecule has 7 heteroatoms. The number of sulfone groups is 1. The van der Waals surface area contributed by atoms with E-state index in [0.717, 1.165) is 30.5 Å². The van der Waals surface area contributed by atoms with Gasteiger partial charge in [0.25, 0.3) is 0 Å². The maximum absolute atomic E-state index is 13.2. The van der Waals surface area contributed by atoms with Crippen molar-refractivity contribution in [2.45, 2.75) is 42.4 Å². The van der Waals surface area contributed by atoms with Gasteiger partial charge in [-0.15, -0.1) is 0 Å². The molecule has 0 fully saturated rings. The highest BCUT2D eigenvalue weighted by molar-refractivity contribution is 7.91. The zero-order valence-electron chi connectivity index (χ0n) is 13.2. The van der Waals surface area contributed by atoms with Gasteiger partial charge in [0.1, 0.15) is 10.0 Å². The van der Waals surface area contributed by atoms with E-state index < -0.39 is 9.84 Å². The zero-order chi connectivity index (χ0) is 16.9. The molecule has 1 aliphatic rings. The van der Waals surface area contributed by atoms with Crippen LogP contribution in [0.5, 0.6) is 0 Å². The van der Waals surface area contributed by atoms with Crippen LogP contribution in [-0.4, -0.2) is 23.0 Å². The molecule has 124 valence electrons. The van der Waals surface area contributed by atoms with Crippen LogP contribution >= 0.6 is 11.6 Å². The summed E-state index contributed by atoms with van der Waals surface area (Å²) in [6.07, 6.45) is 3.16. The predicted molar refractivity (Wildman–Crippen MR) is 91.3 cm³/mol. The van der Waals surface area contributed by atoms with Crippen LogP contribution in [0.1, 0.15) is 30.3 Å². The monoisotopic (exact) mass is 361 g/mol. The summed E-state index contributed by atoms with van der Waals surface area (Å²) < 4.78 is 27.8. The summed E-state index contributed by atoms with van der Waals surface area (Å²) in [4.78, 5) is 5.03. The maximum atomic E-state index is 13.2. The summed E-state index contributed by atoms with van der Waals surface area (Å²) in [6, 6.07) is 8.39. The number of aromatic nitrogens is 3. The van der Waals surface area contributed by atoms with Gasteiger partial charge in [-0.25, -0.2) is 17.9 Å². The van der Waals surface area contributed by atoms with E-state index in [1.54, 1.807) is 30.3 Å². The average Bonchev–Trinajstić information content (AvgIpc) is 3.20. The minimum Gasteiger partial charge on any atom is -0.232 e. The molecule has 2 heterocycles. The molecule has 2 aromatic heterocycles. The second kappa shape index (κ2) is 5.57. The standard InChI is InChI=1S/C17H16ClN3O2S/c1-2-13-15(24(22,23)11-7-4-3-5-8-11)17-19-14-10-6-9-12(14)16(18)21(17)20-13/h3-5,7-8H,2,6,9-10H2,1H3. The first-order valence-electron chi connectivity index (χ1n) is 7.93. The van der Waals surface area contributed by atoms with E-state index in [2.05, 4.69) is 10.1 Å². The number of hydrogen-bond donors (Lipinski definition) is 0. The molecule has 0 atom stereocenters. The Balaban J connectivity index is 2.07. The Kier molecular flexibility index (Phi) is 3.62. The lowest BCUT2D eigenvalue weighted by Crippen LogP contribution is -2.06. The normalized spacial score (nSPS) is 14.2. The van der Waals surface area contributed by atoms with E-state index in [0.29, 0.717) is 22.9 Å². The Bertz CT molecular complexity index is 1040. The molecule has 0 aliphatic heterocycles. The lowest BCUT2D eigenvalue weighted by Gasteiger charge is -2.06. The fraction of sp³-hybridized carbons (Fsp3) is 0.294. The Hall–Kier alpha value is -1.92. The van der Waals surface area contributed by atoms with Gasteiger partial charge in [-0.2, -0.15) is 5.10 Å². The fourth-order valence-electron chi connectivity index (χ4n) is 3.23. The summed E-state index contributed by atoms with van der Waals surface area (Å²) in [5.74, 6) is 0. The van der Waals surface area contributed by atoms with E-state index >= 15 is 0 Å². The number of hydrogen-bond acceptors (Lipinski definition) is 4. The predicted octanol–water partition coefficient (Wildman–Crippen LogP) is 3.27. The number of halogens is 1. The average molecular weight is 362 g/mol. The van der Waals surface area contributed by atoms with Gasteiger partial charge in [0.05, 0.1) is 10.6 Å². The second-order valence-electron chi connectivity index (χ2n) is 5.86. The third-order valence-corrected chi connectivity index (χ3v) is 6.64. The molecule has 4 rings (SSSR count). The van der Waals surface area contributed by atoms with Crippen molar-refractivity contribution in [2.24, 2.45) is 0 Å². The van der Waals surface area contributed by atoms with Crippen molar-refractivity contribution in [1.82, 2.24) is 14.6 Å². The quantitative estimate of drug-likeness (QED) is 0.671. The van der Waals surface area contributed by atoms with Crippen LogP contribution in [-0.2, 0) is 29.1 Å². The first kappa shape index (κ1) is 15.6. The van der Waals surface area contributed by atoms with Crippen LogP contribution in [0, 0.1) is 0 Å². The van der Waals surface area contributed by atoms with Crippen LogP contribution in [0.25, 0.3) is 5.65 Å². The van der Waals surface area contributed by atoms with E-state index in [9.17, 15) is 8.42 Å². The number of nitrogens with zero attached hydrogens (tertiary/aromatic N) is 3. The van der Waals surface area contributed by atoms with Crippen molar-refractivity contribution in [3.63, 3.8) is 0 Å². The smallest absolute Gasteiger partial charge is 0.212 e. The van der Waals surface area contributed by atoms with Gasteiger partial charge in [-0.05, 0) is 37.8 Å². The molecule has 0 spiro atoms. The van der Waals surface area contributed by atoms with Gasteiger partial charge in [0.2, 0.25) is 9.84 Å². The highest BCUT2D eigenvalue weighted by Crippen LogP contribution is 2.33. The molecule has 0 amide bonds. The third-order valence-electron chi connectivity index (χ3n) is 4.41. The molecular weight excluding hydrogens is 346 g/mol. The van der Waals surface area contributed by atoms with Gasteiger partial charge in [0.15, 0.2) is 5.65 Å². The van der Waals surface area contributed by atoms with Crippen molar-refractivity contribution in [3.05, 3.63) is 52.4 Å². The number of benzene rings is 1. The van der Waals surface area contributed by atoms with Crippen LogP contribution in [0.2, 0.25) is 5.15 Å². The van der Waals surface area contributed by atoms with Crippen molar-refractivity contribution in [3.8, 4) is 0 Å². The molecule has 1 aliphatic carbocycles. The SMILES string of the molecule is CCc1nn2c(Cl)c3c(nc2c1S(=O)(=O)c1ccccc1)CCC3. The maximum Gasteiger partial charge on any atom is 0.212 e. The first-order valence-corrected chi connectivity index (χ1v) is 9.79. The lowest BCUT2D eigenvalue weighted by atomic mass is 10.3. The highest BCUT2D eigenvalue weighted by atomic mass is 35.5. The third kappa shape index (κ3) is 2.17. The zero-order valence-corrected chi connectivity index (χ0v) is 14.7. The lowest BCUT2D eigenvalue weighted by molar-refractivity contribution is 0.595. The summed E-state index contributed by atoms with van der Waals surface area (Å²) in [5.41, 5.74) is 2.70. The van der Waals surface area contributed by atoms with Crippen molar-refractivity contribution < 1.29 is 8.42 Å². The van der Waals surface area contributed by atoms with E-state index in [4.69, 9.17) is 11.6 Å². The number of rotatable bonds is 3. The molecule has 0 saturated heterocycles. The molecule has 0 saturated carbocycles. The minimum absolute atomic E-state index is 0.174. The Morgan fingerprint density at radius 1 is 1.21 bits per heavy atom. The van der Waals surface area contributed by atoms with E-state index in [1.807, 2.05) is 6.92 Å². The largest absolute Gasteiger partial charge is 0.232 e. The molecule has 0 bridgehead atoms. The Labute approximate surface area is 145 Å². The summed E-state index contributed by atoms with van der Waals surface area (Å²) in [7, 11) is -3.70. The molecule has 0 unspecified atom stereocenters. The van der Waals surface area contributed by atoms with Crippen molar-refractivity contribution in [2.75, 3.05) is 0 Å². The highest BCUT2D eigenvalue weighted by Gasteiger charge is 2.30. The fourth-order valence-corrected chi connectivity index (χ4v) is 5.17. The summed E-state index contributed by atoms with van der Waals surface area (Å²) in [6.45, 7) is 1.88. The van der Waals surface area contributed by atoms with E-state index in [1.165, 1.54) is 4.52 Å². The van der Waals surface area contributed by atoms with Crippen molar-refractivity contribution in [1.29, 1.82) is 0 Å². The molecule has 1 aromatic carbocycles. The van der Waals surface area contributed by atoms with Crippen LogP contribution < -0.4 is 0 Å². The van der Waals surface area contributed by atoms with Crippen LogP contribution in [0.4, 0.5) is 0 Å². The molecule has 0 N–H and O–H groups in total. The molecule has 0 radical (unpaired) electrons. The summed E-state index contributed by atoms with van der Waals surface area (Å²) >= 11 is 6.49. The minimum atomic E-state index is -3.70. The van der Waals surface area contributed by atoms with E-state index in [-0.39, 0.29) is 9.79 Å². The molecule has 5 nitrogen and oxygen atoms in total. The van der Waals surface area contributed by atoms with Crippen LogP contribution in [0.3, 0.4) is 0 Å². The van der Waals surface area contributed by atoms with Gasteiger partial charge in [0, 0.05) is 11.3 Å². The van der Waals surface area contributed by atoms with Gasteiger partial charge >= 0.3 is 0 Å². The molecule has 24 heavy (non-hydrogen) atoms. The Morgan fingerprint density at radius 2 is 1.96 bits per heavy atom. The van der Waals surface area contributed by atoms with Gasteiger partial charge < -0.3 is 0 Å². The van der Waals surface area contributed by atoms with Crippen molar-refractivity contribution >= 4 is 27.1 Å². The number of fused-ring (bicyclic) bond motifs is 2. The number of aryl methyl sites for hydroxylation is 2. The molecular formula is C17H16ClN3O2S. The first-order chi connectivity index (χ1) is 11.5. The molecule has 3 aromatic rings. The van der Waals surface area contributed by atoms with Crippen LogP contribution in [0.15, 0.2) is 40.1 Å².